The van der Waals surface area contributed by atoms with Gasteiger partial charge in [-0.25, -0.2) is 0 Å². The van der Waals surface area contributed by atoms with Gasteiger partial charge in [-0.05, 0) is 32.4 Å². The average Bonchev–Trinajstić information content (AvgIpc) is 2.31. The van der Waals surface area contributed by atoms with E-state index in [1.807, 2.05) is 45.0 Å². The number of hydrogen-bond acceptors (Lipinski definition) is 3. The van der Waals surface area contributed by atoms with Crippen LogP contribution in [0.15, 0.2) is 24.3 Å². The smallest absolute Gasteiger partial charge is 0.142 e. The van der Waals surface area contributed by atoms with E-state index in [9.17, 15) is 0 Å². The third-order valence-corrected chi connectivity index (χ3v) is 2.46. The van der Waals surface area contributed by atoms with Crippen molar-refractivity contribution in [3.8, 4) is 11.8 Å². The van der Waals surface area contributed by atoms with Crippen LogP contribution in [-0.2, 0) is 0 Å². The second-order valence-corrected chi connectivity index (χ2v) is 4.28. The third-order valence-electron chi connectivity index (χ3n) is 2.46. The Morgan fingerprint density at radius 3 is 2.65 bits per heavy atom. The zero-order valence-electron chi connectivity index (χ0n) is 10.7. The van der Waals surface area contributed by atoms with Gasteiger partial charge in [0, 0.05) is 6.54 Å². The lowest BCUT2D eigenvalue weighted by Gasteiger charge is -2.16. The van der Waals surface area contributed by atoms with Crippen LogP contribution in [0.25, 0.3) is 0 Å². The second kappa shape index (κ2) is 6.80. The van der Waals surface area contributed by atoms with E-state index in [1.165, 1.54) is 0 Å². The fourth-order valence-electron chi connectivity index (χ4n) is 1.48. The van der Waals surface area contributed by atoms with Gasteiger partial charge in [-0.2, -0.15) is 5.26 Å². The summed E-state index contributed by atoms with van der Waals surface area (Å²) in [6, 6.07) is 10.1. The monoisotopic (exact) mass is 232 g/mol. The molecule has 0 heterocycles. The zero-order valence-corrected chi connectivity index (χ0v) is 10.7. The first-order valence-electron chi connectivity index (χ1n) is 6.06. The van der Waals surface area contributed by atoms with E-state index in [0.29, 0.717) is 6.54 Å². The molecule has 3 nitrogen and oxygen atoms in total. The Kier molecular flexibility index (Phi) is 5.35. The predicted molar refractivity (Wildman–Crippen MR) is 70.1 cm³/mol. The summed E-state index contributed by atoms with van der Waals surface area (Å²) < 4.78 is 5.70. The molecule has 1 unspecified atom stereocenters. The first kappa shape index (κ1) is 13.4. The van der Waals surface area contributed by atoms with Crippen LogP contribution in [0.1, 0.15) is 27.2 Å². The minimum atomic E-state index is 0.0436. The van der Waals surface area contributed by atoms with E-state index in [-0.39, 0.29) is 12.0 Å². The van der Waals surface area contributed by atoms with Gasteiger partial charge in [-0.1, -0.05) is 19.1 Å². The molecule has 0 aliphatic carbocycles. The lowest BCUT2D eigenvalue weighted by atomic mass is 10.1. The number of nitrogens with one attached hydrogen (secondary N) is 1. The molecule has 0 saturated carbocycles. The summed E-state index contributed by atoms with van der Waals surface area (Å²) in [5.41, 5.74) is 0.954. The lowest BCUT2D eigenvalue weighted by molar-refractivity contribution is 0.243. The molecule has 0 amide bonds. The number of nitrogens with zero attached hydrogens (tertiary/aromatic N) is 1. The van der Waals surface area contributed by atoms with Gasteiger partial charge in [-0.15, -0.1) is 0 Å². The van der Waals surface area contributed by atoms with Crippen LogP contribution in [0.5, 0.6) is 5.75 Å². The molecule has 1 aromatic rings. The highest BCUT2D eigenvalue weighted by Gasteiger charge is 2.07. The zero-order chi connectivity index (χ0) is 12.7. The Morgan fingerprint density at radius 1 is 1.35 bits per heavy atom. The fraction of sp³-hybridized carbons (Fsp3) is 0.500. The molecule has 0 aliphatic rings. The van der Waals surface area contributed by atoms with Crippen molar-refractivity contribution in [2.45, 2.75) is 33.3 Å². The summed E-state index contributed by atoms with van der Waals surface area (Å²) in [6.07, 6.45) is 1.01. The molecule has 0 fully saturated rings. The number of nitriles is 1. The Bertz CT molecular complexity index is 382. The standard InChI is InChI=1S/C14H20N2O/c1-4-12(9-15)10-16-13-7-5-6-8-14(13)17-11(2)3/h5-8,11-12,16H,4,10H2,1-3H3. The lowest BCUT2D eigenvalue weighted by Crippen LogP contribution is -2.14. The molecule has 0 radical (unpaired) electrons. The summed E-state index contributed by atoms with van der Waals surface area (Å²) in [6.45, 7) is 6.68. The van der Waals surface area contributed by atoms with Gasteiger partial charge in [0.2, 0.25) is 0 Å². The van der Waals surface area contributed by atoms with Crippen molar-refractivity contribution in [3.63, 3.8) is 0 Å². The normalized spacial score (nSPS) is 11.9. The van der Waals surface area contributed by atoms with Gasteiger partial charge in [0.1, 0.15) is 5.75 Å². The summed E-state index contributed by atoms with van der Waals surface area (Å²) in [4.78, 5) is 0. The van der Waals surface area contributed by atoms with Crippen molar-refractivity contribution in [1.82, 2.24) is 0 Å². The van der Waals surface area contributed by atoms with Crippen molar-refractivity contribution in [2.75, 3.05) is 11.9 Å². The minimum Gasteiger partial charge on any atom is -0.489 e. The molecule has 1 aromatic carbocycles. The SMILES string of the molecule is CCC(C#N)CNc1ccccc1OC(C)C. The number of rotatable bonds is 6. The molecule has 1 rings (SSSR count). The van der Waals surface area contributed by atoms with E-state index in [1.54, 1.807) is 0 Å². The highest BCUT2D eigenvalue weighted by Crippen LogP contribution is 2.25. The fourth-order valence-corrected chi connectivity index (χ4v) is 1.48. The van der Waals surface area contributed by atoms with Gasteiger partial charge in [0.15, 0.2) is 0 Å². The van der Waals surface area contributed by atoms with Crippen molar-refractivity contribution in [2.24, 2.45) is 5.92 Å². The largest absolute Gasteiger partial charge is 0.489 e. The van der Waals surface area contributed by atoms with Crippen LogP contribution in [0, 0.1) is 17.2 Å². The van der Waals surface area contributed by atoms with Crippen LogP contribution in [0.2, 0.25) is 0 Å². The van der Waals surface area contributed by atoms with E-state index in [2.05, 4.69) is 11.4 Å². The number of benzene rings is 1. The maximum Gasteiger partial charge on any atom is 0.142 e. The molecular weight excluding hydrogens is 212 g/mol. The van der Waals surface area contributed by atoms with Crippen LogP contribution in [0.4, 0.5) is 5.69 Å². The maximum absolute atomic E-state index is 8.90. The Hall–Kier alpha value is -1.69. The molecular formula is C14H20N2O. The second-order valence-electron chi connectivity index (χ2n) is 4.28. The van der Waals surface area contributed by atoms with Crippen LogP contribution < -0.4 is 10.1 Å². The molecule has 0 bridgehead atoms. The number of para-hydroxylation sites is 2. The quantitative estimate of drug-likeness (QED) is 0.817. The number of anilines is 1. The maximum atomic E-state index is 8.90. The molecule has 1 atom stereocenters. The van der Waals surface area contributed by atoms with Gasteiger partial charge in [-0.3, -0.25) is 0 Å². The predicted octanol–water partition coefficient (Wildman–Crippen LogP) is 3.44. The van der Waals surface area contributed by atoms with Gasteiger partial charge in [0.05, 0.1) is 23.8 Å². The van der Waals surface area contributed by atoms with E-state index >= 15 is 0 Å². The molecule has 17 heavy (non-hydrogen) atoms. The van der Waals surface area contributed by atoms with Crippen LogP contribution >= 0.6 is 0 Å². The highest BCUT2D eigenvalue weighted by molar-refractivity contribution is 5.56. The molecule has 1 N–H and O–H groups in total. The summed E-state index contributed by atoms with van der Waals surface area (Å²) >= 11 is 0. The van der Waals surface area contributed by atoms with Gasteiger partial charge in [0.25, 0.3) is 0 Å². The van der Waals surface area contributed by atoms with E-state index in [4.69, 9.17) is 10.00 Å². The van der Waals surface area contributed by atoms with Gasteiger partial charge < -0.3 is 10.1 Å². The van der Waals surface area contributed by atoms with Crippen molar-refractivity contribution in [1.29, 1.82) is 5.26 Å². The van der Waals surface area contributed by atoms with Crippen LogP contribution in [-0.4, -0.2) is 12.6 Å². The first-order valence-corrected chi connectivity index (χ1v) is 6.06. The summed E-state index contributed by atoms with van der Waals surface area (Å²) in [7, 11) is 0. The molecule has 0 aromatic heterocycles. The molecule has 0 saturated heterocycles. The molecule has 92 valence electrons. The first-order chi connectivity index (χ1) is 8.17. The van der Waals surface area contributed by atoms with Crippen LogP contribution in [0.3, 0.4) is 0 Å². The van der Waals surface area contributed by atoms with E-state index in [0.717, 1.165) is 17.9 Å². The summed E-state index contributed by atoms with van der Waals surface area (Å²) in [5, 5.41) is 12.2. The van der Waals surface area contributed by atoms with Crippen molar-refractivity contribution >= 4 is 5.69 Å². The Balaban J connectivity index is 2.67. The Morgan fingerprint density at radius 2 is 2.06 bits per heavy atom. The number of hydrogen-bond donors (Lipinski definition) is 1. The topological polar surface area (TPSA) is 45.0 Å². The number of ether oxygens (including phenoxy) is 1. The van der Waals surface area contributed by atoms with Crippen molar-refractivity contribution in [3.05, 3.63) is 24.3 Å². The summed E-state index contributed by atoms with van der Waals surface area (Å²) in [5.74, 6) is 0.886. The highest BCUT2D eigenvalue weighted by atomic mass is 16.5. The molecule has 3 heteroatoms. The average molecular weight is 232 g/mol. The molecule has 0 spiro atoms. The van der Waals surface area contributed by atoms with Gasteiger partial charge >= 0.3 is 0 Å². The molecule has 0 aliphatic heterocycles. The third kappa shape index (κ3) is 4.36. The van der Waals surface area contributed by atoms with Crippen molar-refractivity contribution < 1.29 is 4.74 Å². The Labute approximate surface area is 103 Å². The minimum absolute atomic E-state index is 0.0436. The van der Waals surface area contributed by atoms with E-state index < -0.39 is 0 Å².